The Hall–Kier alpha value is -3.08. The van der Waals surface area contributed by atoms with Crippen molar-refractivity contribution in [2.24, 2.45) is 0 Å². The molecule has 0 unspecified atom stereocenters. The van der Waals surface area contributed by atoms with Crippen LogP contribution >= 0.6 is 0 Å². The molecule has 2 heterocycles. The maximum atomic E-state index is 12.8. The number of morpholine rings is 1. The molecule has 156 valence electrons. The molecular formula is C20H19N3O6S. The molecule has 2 aromatic rings. The van der Waals surface area contributed by atoms with Gasteiger partial charge in [0.2, 0.25) is 15.9 Å². The fraction of sp³-hybridized carbons (Fsp3) is 0.250. The van der Waals surface area contributed by atoms with Crippen molar-refractivity contribution >= 4 is 33.4 Å². The molecule has 1 N–H and O–H groups in total. The van der Waals surface area contributed by atoms with Crippen LogP contribution in [0.15, 0.2) is 53.4 Å². The number of amides is 3. The van der Waals surface area contributed by atoms with Crippen LogP contribution in [-0.2, 0) is 19.6 Å². The summed E-state index contributed by atoms with van der Waals surface area (Å²) in [7, 11) is -3.71. The number of rotatable bonds is 5. The predicted octanol–water partition coefficient (Wildman–Crippen LogP) is 0.942. The smallest absolute Gasteiger partial charge is 0.262 e. The lowest BCUT2D eigenvalue weighted by Gasteiger charge is -2.26. The van der Waals surface area contributed by atoms with Gasteiger partial charge in [0.1, 0.15) is 6.54 Å². The Bertz CT molecular complexity index is 1090. The molecule has 0 radical (unpaired) electrons. The van der Waals surface area contributed by atoms with Gasteiger partial charge in [-0.1, -0.05) is 18.2 Å². The molecule has 0 bridgehead atoms. The van der Waals surface area contributed by atoms with Crippen molar-refractivity contribution in [1.82, 2.24) is 9.21 Å². The average Bonchev–Trinajstić information content (AvgIpc) is 2.99. The number of ether oxygens (including phenoxy) is 1. The van der Waals surface area contributed by atoms with Gasteiger partial charge in [-0.2, -0.15) is 4.31 Å². The molecule has 0 aromatic heterocycles. The van der Waals surface area contributed by atoms with Crippen molar-refractivity contribution in [2.45, 2.75) is 4.90 Å². The highest BCUT2D eigenvalue weighted by Crippen LogP contribution is 2.23. The van der Waals surface area contributed by atoms with E-state index in [0.29, 0.717) is 13.2 Å². The first-order chi connectivity index (χ1) is 14.4. The zero-order valence-electron chi connectivity index (χ0n) is 15.9. The van der Waals surface area contributed by atoms with E-state index in [9.17, 15) is 22.8 Å². The number of sulfonamides is 1. The summed E-state index contributed by atoms with van der Waals surface area (Å²) >= 11 is 0. The molecule has 4 rings (SSSR count). The van der Waals surface area contributed by atoms with E-state index in [1.807, 2.05) is 0 Å². The van der Waals surface area contributed by atoms with Crippen molar-refractivity contribution in [3.63, 3.8) is 0 Å². The molecule has 0 aliphatic carbocycles. The van der Waals surface area contributed by atoms with Crippen LogP contribution in [0.3, 0.4) is 0 Å². The summed E-state index contributed by atoms with van der Waals surface area (Å²) in [5.74, 6) is -1.67. The summed E-state index contributed by atoms with van der Waals surface area (Å²) in [6.07, 6.45) is 0. The van der Waals surface area contributed by atoms with Gasteiger partial charge in [-0.3, -0.25) is 19.3 Å². The summed E-state index contributed by atoms with van der Waals surface area (Å²) in [6, 6.07) is 12.2. The largest absolute Gasteiger partial charge is 0.379 e. The van der Waals surface area contributed by atoms with Crippen LogP contribution in [0.2, 0.25) is 0 Å². The van der Waals surface area contributed by atoms with Crippen molar-refractivity contribution in [3.05, 3.63) is 59.7 Å². The molecule has 9 nitrogen and oxygen atoms in total. The molecule has 30 heavy (non-hydrogen) atoms. The van der Waals surface area contributed by atoms with Crippen LogP contribution in [0.5, 0.6) is 0 Å². The Morgan fingerprint density at radius 2 is 1.60 bits per heavy atom. The Morgan fingerprint density at radius 1 is 0.967 bits per heavy atom. The summed E-state index contributed by atoms with van der Waals surface area (Å²) in [5, 5.41) is 2.56. The van der Waals surface area contributed by atoms with Crippen LogP contribution in [0.4, 0.5) is 5.69 Å². The third-order valence-electron chi connectivity index (χ3n) is 4.91. The van der Waals surface area contributed by atoms with Gasteiger partial charge in [0, 0.05) is 18.8 Å². The number of nitrogens with zero attached hydrogens (tertiary/aromatic N) is 2. The standard InChI is InChI=1S/C20H19N3O6S/c24-18(13-23-19(25)16-6-1-2-7-17(16)20(23)26)21-14-4-3-5-15(12-14)30(27,28)22-8-10-29-11-9-22/h1-7,12H,8-11,13H2,(H,21,24). The topological polar surface area (TPSA) is 113 Å². The quantitative estimate of drug-likeness (QED) is 0.708. The molecule has 2 aliphatic rings. The fourth-order valence-electron chi connectivity index (χ4n) is 3.40. The maximum Gasteiger partial charge on any atom is 0.262 e. The van der Waals surface area contributed by atoms with Gasteiger partial charge in [0.25, 0.3) is 11.8 Å². The van der Waals surface area contributed by atoms with Gasteiger partial charge >= 0.3 is 0 Å². The SMILES string of the molecule is O=C(CN1C(=O)c2ccccc2C1=O)Nc1cccc(S(=O)(=O)N2CCOCC2)c1. The summed E-state index contributed by atoms with van der Waals surface area (Å²) in [6.45, 7) is 0.718. The third kappa shape index (κ3) is 3.72. The highest BCUT2D eigenvalue weighted by atomic mass is 32.2. The lowest BCUT2D eigenvalue weighted by molar-refractivity contribution is -0.116. The van der Waals surface area contributed by atoms with Crippen LogP contribution in [0, 0.1) is 0 Å². The molecule has 2 aromatic carbocycles. The maximum absolute atomic E-state index is 12.8. The molecular weight excluding hydrogens is 410 g/mol. The number of hydrogen-bond acceptors (Lipinski definition) is 6. The van der Waals surface area contributed by atoms with Gasteiger partial charge in [0.15, 0.2) is 0 Å². The molecule has 0 saturated carbocycles. The van der Waals surface area contributed by atoms with Gasteiger partial charge in [-0.15, -0.1) is 0 Å². The van der Waals surface area contributed by atoms with E-state index in [-0.39, 0.29) is 34.8 Å². The van der Waals surface area contributed by atoms with E-state index in [1.54, 1.807) is 18.2 Å². The van der Waals surface area contributed by atoms with Gasteiger partial charge in [-0.05, 0) is 30.3 Å². The van der Waals surface area contributed by atoms with Crippen LogP contribution in [-0.4, -0.2) is 68.2 Å². The van der Waals surface area contributed by atoms with E-state index in [4.69, 9.17) is 4.74 Å². The fourth-order valence-corrected chi connectivity index (χ4v) is 4.85. The molecule has 10 heteroatoms. The predicted molar refractivity (Wildman–Crippen MR) is 106 cm³/mol. The molecule has 2 aliphatic heterocycles. The second-order valence-electron chi connectivity index (χ2n) is 6.83. The Labute approximate surface area is 173 Å². The summed E-state index contributed by atoms with van der Waals surface area (Å²) in [4.78, 5) is 38.1. The van der Waals surface area contributed by atoms with Crippen LogP contribution in [0.1, 0.15) is 20.7 Å². The van der Waals surface area contributed by atoms with E-state index in [0.717, 1.165) is 4.90 Å². The van der Waals surface area contributed by atoms with E-state index >= 15 is 0 Å². The molecule has 1 saturated heterocycles. The Morgan fingerprint density at radius 3 is 2.23 bits per heavy atom. The first-order valence-electron chi connectivity index (χ1n) is 9.31. The second-order valence-corrected chi connectivity index (χ2v) is 8.77. The number of nitrogens with one attached hydrogen (secondary N) is 1. The minimum absolute atomic E-state index is 0.0444. The lowest BCUT2D eigenvalue weighted by Crippen LogP contribution is -2.40. The average molecular weight is 429 g/mol. The van der Waals surface area contributed by atoms with Crippen molar-refractivity contribution in [2.75, 3.05) is 38.2 Å². The van der Waals surface area contributed by atoms with E-state index in [2.05, 4.69) is 5.32 Å². The minimum Gasteiger partial charge on any atom is -0.379 e. The molecule has 1 fully saturated rings. The number of fused-ring (bicyclic) bond motifs is 1. The highest BCUT2D eigenvalue weighted by Gasteiger charge is 2.36. The lowest BCUT2D eigenvalue weighted by atomic mass is 10.1. The normalized spacial score (nSPS) is 17.1. The molecule has 0 spiro atoms. The van der Waals surface area contributed by atoms with Crippen molar-refractivity contribution < 1.29 is 27.5 Å². The molecule has 0 atom stereocenters. The number of anilines is 1. The first kappa shape index (κ1) is 20.2. The van der Waals surface area contributed by atoms with Crippen molar-refractivity contribution in [3.8, 4) is 0 Å². The number of carbonyl (C=O) groups is 3. The monoisotopic (exact) mass is 429 g/mol. The summed E-state index contributed by atoms with van der Waals surface area (Å²) in [5.41, 5.74) is 0.772. The zero-order chi connectivity index (χ0) is 21.3. The number of imide groups is 1. The zero-order valence-corrected chi connectivity index (χ0v) is 16.7. The first-order valence-corrected chi connectivity index (χ1v) is 10.7. The number of carbonyl (C=O) groups excluding carboxylic acids is 3. The van der Waals surface area contributed by atoms with Crippen LogP contribution in [0.25, 0.3) is 0 Å². The van der Waals surface area contributed by atoms with Crippen molar-refractivity contribution in [1.29, 1.82) is 0 Å². The third-order valence-corrected chi connectivity index (χ3v) is 6.80. The van der Waals surface area contributed by atoms with Gasteiger partial charge < -0.3 is 10.1 Å². The van der Waals surface area contributed by atoms with Gasteiger partial charge in [0.05, 0.1) is 29.2 Å². The minimum atomic E-state index is -3.71. The Kier molecular flexibility index (Phi) is 5.37. The highest BCUT2D eigenvalue weighted by molar-refractivity contribution is 7.89. The summed E-state index contributed by atoms with van der Waals surface area (Å²) < 4.78 is 32.1. The molecule has 3 amide bonds. The number of benzene rings is 2. The van der Waals surface area contributed by atoms with Crippen LogP contribution < -0.4 is 5.32 Å². The van der Waals surface area contributed by atoms with Gasteiger partial charge in [-0.25, -0.2) is 8.42 Å². The van der Waals surface area contributed by atoms with E-state index in [1.165, 1.54) is 34.6 Å². The Balaban J connectivity index is 1.46. The second kappa shape index (κ2) is 7.98. The van der Waals surface area contributed by atoms with E-state index < -0.39 is 34.3 Å². The number of hydrogen-bond donors (Lipinski definition) is 1.